The molecule has 0 spiro atoms. The molecule has 3 aromatic rings. The highest BCUT2D eigenvalue weighted by atomic mass is 31.2. The van der Waals surface area contributed by atoms with Gasteiger partial charge >= 0.3 is 19.4 Å². The second kappa shape index (κ2) is 13.0. The molecule has 1 aliphatic heterocycles. The number of rotatable bonds is 11. The van der Waals surface area contributed by atoms with Crippen molar-refractivity contribution < 1.29 is 27.9 Å². The Hall–Kier alpha value is -3.50. The molecule has 0 amide bonds. The van der Waals surface area contributed by atoms with Crippen LogP contribution in [0.25, 0.3) is 11.1 Å². The van der Waals surface area contributed by atoms with Crippen LogP contribution in [0.5, 0.6) is 5.75 Å². The molecule has 0 saturated carbocycles. The molecule has 41 heavy (non-hydrogen) atoms. The highest BCUT2D eigenvalue weighted by molar-refractivity contribution is 7.52. The van der Waals surface area contributed by atoms with Gasteiger partial charge in [-0.2, -0.15) is 5.09 Å². The van der Waals surface area contributed by atoms with E-state index in [4.69, 9.17) is 18.5 Å². The quantitative estimate of drug-likeness (QED) is 0.245. The fourth-order valence-electron chi connectivity index (χ4n) is 4.48. The number of ether oxygens (including phenoxy) is 2. The minimum absolute atomic E-state index is 0.102. The van der Waals surface area contributed by atoms with E-state index in [1.165, 1.54) is 23.8 Å². The zero-order valence-electron chi connectivity index (χ0n) is 23.7. The van der Waals surface area contributed by atoms with Gasteiger partial charge in [-0.15, -0.1) is 0 Å². The lowest BCUT2D eigenvalue weighted by atomic mass is 10.0. The van der Waals surface area contributed by atoms with Crippen molar-refractivity contribution in [3.8, 4) is 16.9 Å². The number of H-pyrrole nitrogens is 1. The Balaban J connectivity index is 1.49. The highest BCUT2D eigenvalue weighted by Crippen LogP contribution is 2.46. The van der Waals surface area contributed by atoms with Crippen LogP contribution in [0.2, 0.25) is 0 Å². The summed E-state index contributed by atoms with van der Waals surface area (Å²) in [5.74, 6) is -0.431. The monoisotopic (exact) mass is 585 g/mol. The number of nitrogens with zero attached hydrogens (tertiary/aromatic N) is 1. The summed E-state index contributed by atoms with van der Waals surface area (Å²) < 4.78 is 38.1. The van der Waals surface area contributed by atoms with E-state index in [9.17, 15) is 18.9 Å². The van der Waals surface area contributed by atoms with Crippen LogP contribution in [0.3, 0.4) is 0 Å². The Morgan fingerprint density at radius 3 is 2.32 bits per heavy atom. The molecule has 220 valence electrons. The predicted octanol–water partition coefficient (Wildman–Crippen LogP) is 4.57. The fraction of sp³-hybridized carbons (Fsp3) is 0.414. The predicted molar refractivity (Wildman–Crippen MR) is 154 cm³/mol. The largest absolute Gasteiger partial charge is 0.462 e. The first-order chi connectivity index (χ1) is 19.4. The van der Waals surface area contributed by atoms with E-state index >= 15 is 0 Å². The lowest BCUT2D eigenvalue weighted by Crippen LogP contribution is -2.36. The van der Waals surface area contributed by atoms with Gasteiger partial charge in [-0.25, -0.2) is 9.36 Å². The Bertz CT molecular complexity index is 1500. The van der Waals surface area contributed by atoms with Gasteiger partial charge < -0.3 is 14.0 Å². The van der Waals surface area contributed by atoms with Crippen LogP contribution in [-0.2, 0) is 23.4 Å². The van der Waals surface area contributed by atoms with Gasteiger partial charge in [0.2, 0.25) is 0 Å². The van der Waals surface area contributed by atoms with Gasteiger partial charge in [0.1, 0.15) is 18.0 Å². The molecule has 1 saturated heterocycles. The summed E-state index contributed by atoms with van der Waals surface area (Å²) in [5.41, 5.74) is 2.04. The molecule has 11 nitrogen and oxygen atoms in total. The van der Waals surface area contributed by atoms with E-state index in [1.54, 1.807) is 26.0 Å². The molecular weight excluding hydrogens is 549 g/mol. The summed E-state index contributed by atoms with van der Waals surface area (Å²) >= 11 is 0. The van der Waals surface area contributed by atoms with Crippen LogP contribution in [0.4, 0.5) is 0 Å². The van der Waals surface area contributed by atoms with Crippen molar-refractivity contribution in [2.24, 2.45) is 5.92 Å². The molecule has 0 bridgehead atoms. The van der Waals surface area contributed by atoms with Crippen molar-refractivity contribution in [3.05, 3.63) is 87.2 Å². The summed E-state index contributed by atoms with van der Waals surface area (Å²) in [5, 5.41) is 2.68. The molecule has 2 N–H and O–H groups in total. The zero-order valence-corrected chi connectivity index (χ0v) is 24.6. The summed E-state index contributed by atoms with van der Waals surface area (Å²) in [7, 11) is -4.12. The first-order valence-electron chi connectivity index (χ1n) is 13.5. The number of nitrogens with one attached hydrogen (secondary N) is 2. The van der Waals surface area contributed by atoms with Gasteiger partial charge in [-0.1, -0.05) is 48.9 Å². The standard InChI is InChI=1S/C29H36N3O8P/c1-18(2)38-28(34)21(5)31-41(36,40-24-12-10-23(11-13-24)22-8-6-19(3)7-9-22)37-17-25-16-20(4)27(39-25)32-15-14-26(33)30-29(32)35/h6-15,18,20-21,25,27H,16-17H2,1-5H3,(H,31,36)(H,30,33,35). The highest BCUT2D eigenvalue weighted by Gasteiger charge is 2.38. The van der Waals surface area contributed by atoms with Crippen molar-refractivity contribution in [2.75, 3.05) is 6.61 Å². The van der Waals surface area contributed by atoms with E-state index in [2.05, 4.69) is 10.1 Å². The number of hydrogen-bond donors (Lipinski definition) is 2. The molecule has 1 aliphatic rings. The topological polar surface area (TPSA) is 138 Å². The third kappa shape index (κ3) is 8.04. The number of aromatic nitrogens is 2. The minimum Gasteiger partial charge on any atom is -0.462 e. The van der Waals surface area contributed by atoms with Crippen molar-refractivity contribution in [3.63, 3.8) is 0 Å². The van der Waals surface area contributed by atoms with Gasteiger partial charge in [0.25, 0.3) is 5.56 Å². The van der Waals surface area contributed by atoms with Crippen molar-refractivity contribution >= 4 is 13.7 Å². The fourth-order valence-corrected chi connectivity index (χ4v) is 6.00. The van der Waals surface area contributed by atoms with E-state index < -0.39 is 43.3 Å². The Kier molecular flexibility index (Phi) is 9.65. The normalized spacial score (nSPS) is 20.9. The van der Waals surface area contributed by atoms with Crippen LogP contribution < -0.4 is 20.9 Å². The van der Waals surface area contributed by atoms with Gasteiger partial charge in [0.15, 0.2) is 0 Å². The molecule has 1 fully saturated rings. The SMILES string of the molecule is Cc1ccc(-c2ccc(OP(=O)(NC(C)C(=O)OC(C)C)OCC3CC(C)C(n4ccc(=O)[nH]c4=O)O3)cc2)cc1. The van der Waals surface area contributed by atoms with Crippen molar-refractivity contribution in [1.82, 2.24) is 14.6 Å². The molecule has 0 radical (unpaired) electrons. The number of carbonyl (C=O) groups excluding carboxylic acids is 1. The average Bonchev–Trinajstić information content (AvgIpc) is 3.28. The smallest absolute Gasteiger partial charge is 0.459 e. The Labute approximate surface area is 238 Å². The molecular formula is C29H36N3O8P. The van der Waals surface area contributed by atoms with Gasteiger partial charge in [0, 0.05) is 18.2 Å². The lowest BCUT2D eigenvalue weighted by molar-refractivity contribution is -0.149. The maximum atomic E-state index is 13.9. The van der Waals surface area contributed by atoms with E-state index in [1.807, 2.05) is 50.2 Å². The van der Waals surface area contributed by atoms with Gasteiger partial charge in [0.05, 0.1) is 18.8 Å². The minimum atomic E-state index is -4.12. The number of benzene rings is 2. The van der Waals surface area contributed by atoms with E-state index in [0.717, 1.165) is 16.7 Å². The summed E-state index contributed by atoms with van der Waals surface area (Å²) in [6.07, 6.45) is 0.337. The summed E-state index contributed by atoms with van der Waals surface area (Å²) in [6.45, 7) is 8.72. The Morgan fingerprint density at radius 2 is 1.71 bits per heavy atom. The Morgan fingerprint density at radius 1 is 1.07 bits per heavy atom. The van der Waals surface area contributed by atoms with Crippen molar-refractivity contribution in [1.29, 1.82) is 0 Å². The number of esters is 1. The number of aromatic amines is 1. The van der Waals surface area contributed by atoms with Crippen LogP contribution in [0.1, 0.15) is 45.9 Å². The molecule has 2 heterocycles. The average molecular weight is 586 g/mol. The summed E-state index contributed by atoms with van der Waals surface area (Å²) in [6, 6.07) is 15.4. The second-order valence-electron chi connectivity index (χ2n) is 10.5. The number of aryl methyl sites for hydroxylation is 1. The van der Waals surface area contributed by atoms with E-state index in [0.29, 0.717) is 6.42 Å². The molecule has 12 heteroatoms. The number of carbonyl (C=O) groups is 1. The van der Waals surface area contributed by atoms with Gasteiger partial charge in [-0.3, -0.25) is 23.7 Å². The third-order valence-electron chi connectivity index (χ3n) is 6.53. The van der Waals surface area contributed by atoms with Crippen LogP contribution in [0, 0.1) is 12.8 Å². The summed E-state index contributed by atoms with van der Waals surface area (Å²) in [4.78, 5) is 38.4. The lowest BCUT2D eigenvalue weighted by Gasteiger charge is -2.24. The van der Waals surface area contributed by atoms with Crippen LogP contribution in [-0.4, -0.2) is 40.4 Å². The first-order valence-corrected chi connectivity index (χ1v) is 15.0. The number of hydrogen-bond acceptors (Lipinski definition) is 8. The third-order valence-corrected chi connectivity index (χ3v) is 8.17. The van der Waals surface area contributed by atoms with E-state index in [-0.39, 0.29) is 24.4 Å². The molecule has 5 atom stereocenters. The zero-order chi connectivity index (χ0) is 29.7. The molecule has 0 aliphatic carbocycles. The van der Waals surface area contributed by atoms with Crippen LogP contribution in [0.15, 0.2) is 70.4 Å². The van der Waals surface area contributed by atoms with Crippen molar-refractivity contribution in [2.45, 2.75) is 65.5 Å². The first kappa shape index (κ1) is 30.5. The van der Waals surface area contributed by atoms with Gasteiger partial charge in [-0.05, 0) is 57.4 Å². The maximum absolute atomic E-state index is 13.9. The molecule has 4 rings (SSSR count). The molecule has 1 aromatic heterocycles. The molecule has 5 unspecified atom stereocenters. The second-order valence-corrected chi connectivity index (χ2v) is 12.2. The van der Waals surface area contributed by atoms with Crippen LogP contribution >= 0.6 is 7.75 Å². The maximum Gasteiger partial charge on any atom is 0.459 e. The molecule has 2 aromatic carbocycles.